The maximum absolute atomic E-state index is 13.3. The molecule has 4 rings (SSSR count). The summed E-state index contributed by atoms with van der Waals surface area (Å²) in [7, 11) is 0. The monoisotopic (exact) mass is 573 g/mol. The maximum atomic E-state index is 13.3. The van der Waals surface area contributed by atoms with Gasteiger partial charge in [0.05, 0.1) is 19.1 Å². The normalized spacial score (nSPS) is 21.3. The van der Waals surface area contributed by atoms with Crippen molar-refractivity contribution in [2.24, 2.45) is 11.3 Å². The third kappa shape index (κ3) is 9.93. The molecule has 3 aliphatic heterocycles. The number of nitrogens with zero attached hydrogens (tertiary/aromatic N) is 3. The first-order chi connectivity index (χ1) is 18.2. The highest BCUT2D eigenvalue weighted by Crippen LogP contribution is 2.45. The van der Waals surface area contributed by atoms with E-state index in [0.29, 0.717) is 19.1 Å². The van der Waals surface area contributed by atoms with E-state index in [1.807, 2.05) is 17.3 Å². The minimum absolute atomic E-state index is 0.0701. The smallest absolute Gasteiger partial charge is 0.475 e. The topological polar surface area (TPSA) is 130 Å². The molecule has 3 fully saturated rings. The van der Waals surface area contributed by atoms with Gasteiger partial charge in [0.2, 0.25) is 5.91 Å². The molecular weight excluding hydrogens is 544 g/mol. The van der Waals surface area contributed by atoms with Gasteiger partial charge >= 0.3 is 24.3 Å². The molecule has 16 heteroatoms. The number of amides is 1. The number of halogens is 6. The van der Waals surface area contributed by atoms with Gasteiger partial charge in [-0.05, 0) is 30.5 Å². The Kier molecular flexibility index (Phi) is 11.5. The molecule has 3 aliphatic rings. The van der Waals surface area contributed by atoms with Crippen molar-refractivity contribution in [1.29, 1.82) is 0 Å². The van der Waals surface area contributed by atoms with Crippen molar-refractivity contribution in [2.75, 3.05) is 52.6 Å². The lowest BCUT2D eigenvalue weighted by atomic mass is 9.71. The SMILES string of the molecule is O=C(C1CN(Cc2ccncc2)CC12CCOCC2)N1CCOCC1.O=C(O)C(F)(F)F.O=C(O)C(F)(F)F. The summed E-state index contributed by atoms with van der Waals surface area (Å²) >= 11 is 0. The van der Waals surface area contributed by atoms with Gasteiger partial charge < -0.3 is 24.6 Å². The molecular formula is C23H29F6N3O7. The number of morpholine rings is 1. The number of hydrogen-bond donors (Lipinski definition) is 2. The molecule has 3 saturated heterocycles. The van der Waals surface area contributed by atoms with Crippen molar-refractivity contribution in [2.45, 2.75) is 31.7 Å². The molecule has 39 heavy (non-hydrogen) atoms. The van der Waals surface area contributed by atoms with Gasteiger partial charge in [-0.15, -0.1) is 0 Å². The van der Waals surface area contributed by atoms with E-state index in [4.69, 9.17) is 29.3 Å². The van der Waals surface area contributed by atoms with Crippen LogP contribution in [0.2, 0.25) is 0 Å². The Morgan fingerprint density at radius 2 is 1.36 bits per heavy atom. The zero-order valence-electron chi connectivity index (χ0n) is 20.7. The fourth-order valence-electron chi connectivity index (χ4n) is 4.57. The molecule has 1 atom stereocenters. The first-order valence-electron chi connectivity index (χ1n) is 11.8. The van der Waals surface area contributed by atoms with Gasteiger partial charge in [0.25, 0.3) is 0 Å². The highest BCUT2D eigenvalue weighted by Gasteiger charge is 2.51. The zero-order valence-corrected chi connectivity index (χ0v) is 20.7. The number of rotatable bonds is 3. The zero-order chi connectivity index (χ0) is 29.3. The molecule has 10 nitrogen and oxygen atoms in total. The summed E-state index contributed by atoms with van der Waals surface area (Å²) in [6, 6.07) is 4.13. The molecule has 0 radical (unpaired) electrons. The quantitative estimate of drug-likeness (QED) is 0.524. The molecule has 0 aromatic carbocycles. The predicted octanol–water partition coefficient (Wildman–Crippen LogP) is 2.44. The maximum Gasteiger partial charge on any atom is 0.490 e. The van der Waals surface area contributed by atoms with Gasteiger partial charge in [-0.2, -0.15) is 26.3 Å². The minimum Gasteiger partial charge on any atom is -0.475 e. The van der Waals surface area contributed by atoms with Gasteiger partial charge in [0, 0.05) is 63.7 Å². The summed E-state index contributed by atoms with van der Waals surface area (Å²) in [5.41, 5.74) is 1.33. The average molecular weight is 573 g/mol. The number of carbonyl (C=O) groups is 3. The van der Waals surface area contributed by atoms with E-state index in [2.05, 4.69) is 22.0 Å². The lowest BCUT2D eigenvalue weighted by molar-refractivity contribution is -0.193. The Labute approximate surface area is 219 Å². The number of carbonyl (C=O) groups excluding carboxylic acids is 1. The first kappa shape index (κ1) is 32.2. The molecule has 0 bridgehead atoms. The van der Waals surface area contributed by atoms with Crippen LogP contribution in [0, 0.1) is 11.3 Å². The fourth-order valence-corrected chi connectivity index (χ4v) is 4.57. The van der Waals surface area contributed by atoms with E-state index in [9.17, 15) is 31.1 Å². The van der Waals surface area contributed by atoms with Crippen LogP contribution in [0.1, 0.15) is 18.4 Å². The van der Waals surface area contributed by atoms with E-state index < -0.39 is 24.3 Å². The number of carboxylic acids is 2. The largest absolute Gasteiger partial charge is 0.490 e. The molecule has 1 aromatic rings. The number of pyridine rings is 1. The molecule has 0 saturated carbocycles. The van der Waals surface area contributed by atoms with Crippen LogP contribution in [0.15, 0.2) is 24.5 Å². The number of likely N-dealkylation sites (tertiary alicyclic amines) is 1. The Balaban J connectivity index is 0.000000317. The Hall–Kier alpha value is -2.98. The third-order valence-corrected chi connectivity index (χ3v) is 6.47. The molecule has 1 aromatic heterocycles. The van der Waals surface area contributed by atoms with E-state index in [0.717, 1.165) is 58.8 Å². The van der Waals surface area contributed by atoms with Gasteiger partial charge in [-0.25, -0.2) is 9.59 Å². The minimum atomic E-state index is -5.08. The van der Waals surface area contributed by atoms with E-state index in [-0.39, 0.29) is 11.3 Å². The number of carboxylic acid groups (broad SMARTS) is 2. The molecule has 220 valence electrons. The summed E-state index contributed by atoms with van der Waals surface area (Å²) in [6.07, 6.45) is -4.51. The van der Waals surface area contributed by atoms with E-state index in [1.54, 1.807) is 0 Å². The highest BCUT2D eigenvalue weighted by atomic mass is 19.4. The number of aromatic nitrogens is 1. The predicted molar refractivity (Wildman–Crippen MR) is 120 cm³/mol. The lowest BCUT2D eigenvalue weighted by Gasteiger charge is -2.40. The van der Waals surface area contributed by atoms with E-state index in [1.165, 1.54) is 5.56 Å². The first-order valence-corrected chi connectivity index (χ1v) is 11.8. The molecule has 2 N–H and O–H groups in total. The summed E-state index contributed by atoms with van der Waals surface area (Å²) in [5.74, 6) is -5.11. The molecule has 0 aliphatic carbocycles. The summed E-state index contributed by atoms with van der Waals surface area (Å²) < 4.78 is 74.5. The molecule has 1 amide bonds. The van der Waals surface area contributed by atoms with Gasteiger partial charge in [0.15, 0.2) is 0 Å². The summed E-state index contributed by atoms with van der Waals surface area (Å²) in [4.78, 5) is 39.6. The van der Waals surface area contributed by atoms with Crippen molar-refractivity contribution in [3.63, 3.8) is 0 Å². The van der Waals surface area contributed by atoms with Crippen molar-refractivity contribution < 1.29 is 60.4 Å². The van der Waals surface area contributed by atoms with Crippen molar-refractivity contribution in [3.05, 3.63) is 30.1 Å². The van der Waals surface area contributed by atoms with Gasteiger partial charge in [0.1, 0.15) is 0 Å². The van der Waals surface area contributed by atoms with Crippen molar-refractivity contribution in [1.82, 2.24) is 14.8 Å². The number of alkyl halides is 6. The third-order valence-electron chi connectivity index (χ3n) is 6.47. The summed E-state index contributed by atoms with van der Waals surface area (Å²) in [6.45, 7) is 7.05. The van der Waals surface area contributed by atoms with Crippen LogP contribution in [-0.2, 0) is 30.4 Å². The molecule has 1 spiro atoms. The van der Waals surface area contributed by atoms with Crippen LogP contribution in [-0.4, -0.2) is 108 Å². The van der Waals surface area contributed by atoms with Crippen LogP contribution in [0.3, 0.4) is 0 Å². The Bertz CT molecular complexity index is 926. The van der Waals surface area contributed by atoms with Crippen molar-refractivity contribution >= 4 is 17.8 Å². The second kappa shape index (κ2) is 13.9. The van der Waals surface area contributed by atoms with Crippen LogP contribution in [0.4, 0.5) is 26.3 Å². The summed E-state index contributed by atoms with van der Waals surface area (Å²) in [5, 5.41) is 14.2. The van der Waals surface area contributed by atoms with Gasteiger partial charge in [-0.1, -0.05) is 0 Å². The Morgan fingerprint density at radius 1 is 0.897 bits per heavy atom. The lowest BCUT2D eigenvalue weighted by Crippen LogP contribution is -2.49. The van der Waals surface area contributed by atoms with Crippen LogP contribution >= 0.6 is 0 Å². The second-order valence-corrected chi connectivity index (χ2v) is 9.10. The Morgan fingerprint density at radius 3 is 1.82 bits per heavy atom. The molecule has 4 heterocycles. The number of hydrogen-bond acceptors (Lipinski definition) is 7. The fraction of sp³-hybridized carbons (Fsp3) is 0.652. The van der Waals surface area contributed by atoms with Crippen LogP contribution < -0.4 is 0 Å². The van der Waals surface area contributed by atoms with Crippen molar-refractivity contribution in [3.8, 4) is 0 Å². The number of ether oxygens (including phenoxy) is 2. The van der Waals surface area contributed by atoms with Crippen LogP contribution in [0.25, 0.3) is 0 Å². The average Bonchev–Trinajstić information content (AvgIpc) is 3.21. The molecule has 1 unspecified atom stereocenters. The standard InChI is InChI=1S/C19H27N3O3.2C2HF3O2/c23-18(22-7-11-25-12-8-22)17-14-21(13-16-1-5-20-6-2-16)15-19(17)3-9-24-10-4-19;2*3-2(4,5)1(6)7/h1-2,5-6,17H,3-4,7-15H2;2*(H,6,7). The second-order valence-electron chi connectivity index (χ2n) is 9.10. The van der Waals surface area contributed by atoms with E-state index >= 15 is 0 Å². The van der Waals surface area contributed by atoms with Crippen LogP contribution in [0.5, 0.6) is 0 Å². The highest BCUT2D eigenvalue weighted by molar-refractivity contribution is 5.80. The van der Waals surface area contributed by atoms with Gasteiger partial charge in [-0.3, -0.25) is 14.7 Å². The number of aliphatic carboxylic acids is 2.